The van der Waals surface area contributed by atoms with Gasteiger partial charge >= 0.3 is 5.97 Å². The van der Waals surface area contributed by atoms with Crippen molar-refractivity contribution in [2.24, 2.45) is 17.3 Å². The lowest BCUT2D eigenvalue weighted by atomic mass is 9.46. The van der Waals surface area contributed by atoms with E-state index in [-0.39, 0.29) is 22.4 Å². The normalized spacial score (nSPS) is 31.1. The Labute approximate surface area is 215 Å². The monoisotopic (exact) mass is 512 g/mol. The molecule has 192 valence electrons. The number of carbonyl (C=O) groups is 1. The van der Waals surface area contributed by atoms with Gasteiger partial charge in [-0.25, -0.2) is 4.68 Å². The molecule has 0 spiro atoms. The van der Waals surface area contributed by atoms with Crippen molar-refractivity contribution in [2.45, 2.75) is 50.5 Å². The summed E-state index contributed by atoms with van der Waals surface area (Å²) < 4.78 is 7.16. The molecule has 4 atom stereocenters. The Kier molecular flexibility index (Phi) is 5.70. The molecular formula is C27H33ClN4O4. The first-order valence-corrected chi connectivity index (χ1v) is 13.3. The van der Waals surface area contributed by atoms with Gasteiger partial charge in [-0.1, -0.05) is 23.7 Å². The van der Waals surface area contributed by atoms with Crippen LogP contribution >= 0.6 is 11.6 Å². The Morgan fingerprint density at radius 3 is 2.36 bits per heavy atom. The standard InChI is InChI=1S/C27H33ClN4O4/c1-36-22-5-3-2-4-20(22)30-6-8-31(9-7-30)21-16-29-32(25(35)24(21)28)27-13-18-10-19(14-27)12-26(11-18,17-27)15-23(33)34/h2-5,16,18-19H,6-15,17H2,1H3,(H,33,34)/t18-,19+,26?,27?. The summed E-state index contributed by atoms with van der Waals surface area (Å²) in [5.74, 6) is 1.03. The molecule has 36 heavy (non-hydrogen) atoms. The zero-order valence-electron chi connectivity index (χ0n) is 20.7. The minimum Gasteiger partial charge on any atom is -0.495 e. The second-order valence-electron chi connectivity index (χ2n) is 11.5. The average molecular weight is 513 g/mol. The van der Waals surface area contributed by atoms with Gasteiger partial charge in [0.25, 0.3) is 5.56 Å². The van der Waals surface area contributed by atoms with Crippen molar-refractivity contribution in [3.8, 4) is 5.75 Å². The molecule has 0 amide bonds. The summed E-state index contributed by atoms with van der Waals surface area (Å²) in [6, 6.07) is 8.00. The lowest BCUT2D eigenvalue weighted by Gasteiger charge is -2.61. The molecule has 5 aliphatic rings. The highest BCUT2D eigenvalue weighted by Gasteiger charge is 2.59. The second kappa shape index (κ2) is 8.68. The van der Waals surface area contributed by atoms with Crippen LogP contribution in [0.25, 0.3) is 0 Å². The Bertz CT molecular complexity index is 1220. The molecule has 5 fully saturated rings. The van der Waals surface area contributed by atoms with E-state index in [0.29, 0.717) is 23.9 Å². The molecule has 0 radical (unpaired) electrons. The molecule has 1 aromatic carbocycles. The van der Waals surface area contributed by atoms with E-state index < -0.39 is 11.5 Å². The summed E-state index contributed by atoms with van der Waals surface area (Å²) >= 11 is 6.75. The van der Waals surface area contributed by atoms with Crippen molar-refractivity contribution in [1.82, 2.24) is 9.78 Å². The minimum atomic E-state index is -0.743. The summed E-state index contributed by atoms with van der Waals surface area (Å²) in [7, 11) is 1.68. The van der Waals surface area contributed by atoms with Gasteiger partial charge in [-0.15, -0.1) is 0 Å². The van der Waals surface area contributed by atoms with E-state index in [1.165, 1.54) is 0 Å². The van der Waals surface area contributed by atoms with Gasteiger partial charge in [-0.3, -0.25) is 9.59 Å². The smallest absolute Gasteiger partial charge is 0.303 e. The number of hydrogen-bond acceptors (Lipinski definition) is 6. The molecule has 9 heteroatoms. The summed E-state index contributed by atoms with van der Waals surface area (Å²) in [6.45, 7) is 3.01. The number of hydrogen-bond donors (Lipinski definition) is 1. The maximum Gasteiger partial charge on any atom is 0.303 e. The highest BCUT2D eigenvalue weighted by Crippen LogP contribution is 2.65. The number of halogens is 1. The number of carboxylic acid groups (broad SMARTS) is 1. The van der Waals surface area contributed by atoms with E-state index in [4.69, 9.17) is 21.4 Å². The highest BCUT2D eigenvalue weighted by molar-refractivity contribution is 6.33. The van der Waals surface area contributed by atoms with Gasteiger partial charge in [0.15, 0.2) is 0 Å². The number of anilines is 2. The number of ether oxygens (including phenoxy) is 1. The third kappa shape index (κ3) is 3.85. The summed E-state index contributed by atoms with van der Waals surface area (Å²) in [4.78, 5) is 29.8. The van der Waals surface area contributed by atoms with Crippen molar-refractivity contribution in [3.05, 3.63) is 45.8 Å². The lowest BCUT2D eigenvalue weighted by Crippen LogP contribution is -2.59. The van der Waals surface area contributed by atoms with Crippen LogP contribution in [0.4, 0.5) is 11.4 Å². The van der Waals surface area contributed by atoms with E-state index >= 15 is 0 Å². The van der Waals surface area contributed by atoms with E-state index in [0.717, 1.165) is 69.7 Å². The molecule has 4 bridgehead atoms. The number of nitrogens with zero attached hydrogens (tertiary/aromatic N) is 4. The first-order valence-electron chi connectivity index (χ1n) is 12.9. The van der Waals surface area contributed by atoms with Crippen molar-refractivity contribution >= 4 is 28.9 Å². The number of methoxy groups -OCH3 is 1. The van der Waals surface area contributed by atoms with Crippen LogP contribution in [0.1, 0.15) is 44.9 Å². The molecule has 1 saturated heterocycles. The van der Waals surface area contributed by atoms with Gasteiger partial charge in [-0.05, 0) is 67.9 Å². The predicted octanol–water partition coefficient (Wildman–Crippen LogP) is 4.00. The molecule has 2 heterocycles. The van der Waals surface area contributed by atoms with Crippen molar-refractivity contribution in [1.29, 1.82) is 0 Å². The number of aromatic nitrogens is 2. The van der Waals surface area contributed by atoms with Crippen LogP contribution in [-0.2, 0) is 10.3 Å². The number of carboxylic acids is 1. The first-order chi connectivity index (χ1) is 17.3. The van der Waals surface area contributed by atoms with Gasteiger partial charge < -0.3 is 19.6 Å². The van der Waals surface area contributed by atoms with Crippen molar-refractivity contribution in [2.75, 3.05) is 43.1 Å². The van der Waals surface area contributed by atoms with Crippen LogP contribution in [0.2, 0.25) is 5.02 Å². The molecule has 2 unspecified atom stereocenters. The highest BCUT2D eigenvalue weighted by atomic mass is 35.5. The molecule has 8 nitrogen and oxygen atoms in total. The number of rotatable bonds is 6. The van der Waals surface area contributed by atoms with Crippen LogP contribution in [0.3, 0.4) is 0 Å². The van der Waals surface area contributed by atoms with Gasteiger partial charge in [0, 0.05) is 26.2 Å². The number of benzene rings is 1. The summed E-state index contributed by atoms with van der Waals surface area (Å²) in [5.41, 5.74) is 0.867. The van der Waals surface area contributed by atoms with Gasteiger partial charge in [0.1, 0.15) is 10.8 Å². The average Bonchev–Trinajstić information content (AvgIpc) is 2.84. The summed E-state index contributed by atoms with van der Waals surface area (Å²) in [5, 5.41) is 14.5. The second-order valence-corrected chi connectivity index (χ2v) is 11.8. The van der Waals surface area contributed by atoms with Gasteiger partial charge in [0.2, 0.25) is 0 Å². The Balaban J connectivity index is 1.24. The van der Waals surface area contributed by atoms with E-state index in [1.54, 1.807) is 18.0 Å². The molecule has 1 N–H and O–H groups in total. The Morgan fingerprint density at radius 1 is 1.08 bits per heavy atom. The molecule has 1 aliphatic heterocycles. The SMILES string of the molecule is COc1ccccc1N1CCN(c2cnn(C34C[C@@H]5C[C@@H](CC(CC(=O)O)(C5)C3)C4)c(=O)c2Cl)CC1. The van der Waals surface area contributed by atoms with Crippen LogP contribution in [0.5, 0.6) is 5.75 Å². The molecular weight excluding hydrogens is 480 g/mol. The first kappa shape index (κ1) is 23.6. The fourth-order valence-corrected chi connectivity index (χ4v) is 8.49. The molecule has 2 aromatic rings. The Hall–Kier alpha value is -2.74. The fourth-order valence-electron chi connectivity index (χ4n) is 8.24. The molecule has 1 aromatic heterocycles. The van der Waals surface area contributed by atoms with Crippen LogP contribution in [-0.4, -0.2) is 54.1 Å². The third-order valence-corrected chi connectivity index (χ3v) is 9.43. The molecule has 4 aliphatic carbocycles. The number of piperazine rings is 1. The molecule has 4 saturated carbocycles. The van der Waals surface area contributed by atoms with Crippen molar-refractivity contribution < 1.29 is 14.6 Å². The predicted molar refractivity (Wildman–Crippen MR) is 138 cm³/mol. The number of para-hydroxylation sites is 2. The number of aliphatic carboxylic acids is 1. The van der Waals surface area contributed by atoms with Gasteiger partial charge in [-0.2, -0.15) is 5.10 Å². The van der Waals surface area contributed by atoms with E-state index in [9.17, 15) is 14.7 Å². The largest absolute Gasteiger partial charge is 0.495 e. The van der Waals surface area contributed by atoms with E-state index in [2.05, 4.69) is 15.9 Å². The van der Waals surface area contributed by atoms with Crippen molar-refractivity contribution in [3.63, 3.8) is 0 Å². The Morgan fingerprint density at radius 2 is 1.72 bits per heavy atom. The van der Waals surface area contributed by atoms with Crippen LogP contribution in [0, 0.1) is 17.3 Å². The zero-order valence-corrected chi connectivity index (χ0v) is 21.4. The minimum absolute atomic E-state index is 0.179. The zero-order chi connectivity index (χ0) is 25.1. The van der Waals surface area contributed by atoms with Crippen LogP contribution < -0.4 is 20.1 Å². The maximum absolute atomic E-state index is 13.6. The topological polar surface area (TPSA) is 87.9 Å². The maximum atomic E-state index is 13.6. The third-order valence-electron chi connectivity index (χ3n) is 9.07. The van der Waals surface area contributed by atoms with E-state index in [1.807, 2.05) is 18.2 Å². The fraction of sp³-hybridized carbons (Fsp3) is 0.593. The van der Waals surface area contributed by atoms with Gasteiger partial charge in [0.05, 0.1) is 36.6 Å². The summed E-state index contributed by atoms with van der Waals surface area (Å²) in [6.07, 6.45) is 7.47. The van der Waals surface area contributed by atoms with Crippen LogP contribution in [0.15, 0.2) is 35.3 Å². The quantitative estimate of drug-likeness (QED) is 0.625. The molecule has 7 rings (SSSR count). The lowest BCUT2D eigenvalue weighted by molar-refractivity contribution is -0.151.